The first-order chi connectivity index (χ1) is 17.5. The standard InChI is InChI=1S/C29H40N4O3/c1-35-19-24-13-14-25(20-36-2)32(24)15-6-3-7-16-33-27-12-5-4-9-22(27)18-26(29(33)34)21-10-8-11-23(17-21)28(30)31/h4-5,8-12,17,24-26H,3,6-7,13-16,18-20H2,1-2H3,(H3,30,31). The Hall–Kier alpha value is -2.74. The smallest absolute Gasteiger partial charge is 0.234 e. The summed E-state index contributed by atoms with van der Waals surface area (Å²) in [6.45, 7) is 3.28. The molecule has 3 unspecified atom stereocenters. The SMILES string of the molecule is COCC1CCC(COC)N1CCCCCN1C(=O)C(c2cccc(C(=N)N)c2)Cc2ccccc21. The van der Waals surface area contributed by atoms with Crippen molar-refractivity contribution in [2.75, 3.05) is 45.4 Å². The van der Waals surface area contributed by atoms with Gasteiger partial charge in [0.25, 0.3) is 0 Å². The van der Waals surface area contributed by atoms with Gasteiger partial charge in [-0.25, -0.2) is 0 Å². The quantitative estimate of drug-likeness (QED) is 0.266. The van der Waals surface area contributed by atoms with Crippen LogP contribution in [0.25, 0.3) is 0 Å². The van der Waals surface area contributed by atoms with E-state index in [1.165, 1.54) is 5.56 Å². The molecule has 0 bridgehead atoms. The van der Waals surface area contributed by atoms with Crippen LogP contribution in [0, 0.1) is 5.41 Å². The topological polar surface area (TPSA) is 91.9 Å². The summed E-state index contributed by atoms with van der Waals surface area (Å²) < 4.78 is 10.9. The Bertz CT molecular complexity index is 1030. The number of amidine groups is 1. The number of nitrogens with two attached hydrogens (primary N) is 1. The molecular weight excluding hydrogens is 452 g/mol. The molecule has 194 valence electrons. The van der Waals surface area contributed by atoms with Gasteiger partial charge >= 0.3 is 0 Å². The number of anilines is 1. The molecule has 1 amide bonds. The zero-order valence-electron chi connectivity index (χ0n) is 21.6. The maximum atomic E-state index is 13.7. The predicted octanol–water partition coefficient (Wildman–Crippen LogP) is 3.94. The zero-order valence-corrected chi connectivity index (χ0v) is 21.6. The van der Waals surface area contributed by atoms with Crippen molar-refractivity contribution in [2.45, 2.75) is 56.5 Å². The lowest BCUT2D eigenvalue weighted by atomic mass is 9.85. The first-order valence-corrected chi connectivity index (χ1v) is 13.1. The number of methoxy groups -OCH3 is 2. The molecule has 3 atom stereocenters. The summed E-state index contributed by atoms with van der Waals surface area (Å²) in [6, 6.07) is 16.7. The van der Waals surface area contributed by atoms with Crippen LogP contribution in [0.5, 0.6) is 0 Å². The van der Waals surface area contributed by atoms with Crippen LogP contribution in [0.4, 0.5) is 5.69 Å². The van der Waals surface area contributed by atoms with E-state index in [0.29, 0.717) is 30.6 Å². The number of likely N-dealkylation sites (tertiary alicyclic amines) is 1. The van der Waals surface area contributed by atoms with Gasteiger partial charge in [0.2, 0.25) is 5.91 Å². The third-order valence-corrected chi connectivity index (χ3v) is 7.66. The lowest BCUT2D eigenvalue weighted by Crippen LogP contribution is -2.41. The highest BCUT2D eigenvalue weighted by Crippen LogP contribution is 2.36. The minimum Gasteiger partial charge on any atom is -0.384 e. The van der Waals surface area contributed by atoms with Gasteiger partial charge in [-0.05, 0) is 61.9 Å². The van der Waals surface area contributed by atoms with Crippen molar-refractivity contribution >= 4 is 17.4 Å². The van der Waals surface area contributed by atoms with Gasteiger partial charge in [-0.15, -0.1) is 0 Å². The number of carbonyl (C=O) groups is 1. The van der Waals surface area contributed by atoms with Crippen LogP contribution < -0.4 is 10.6 Å². The predicted molar refractivity (Wildman–Crippen MR) is 144 cm³/mol. The van der Waals surface area contributed by atoms with Crippen LogP contribution in [0.1, 0.15) is 54.7 Å². The number of fused-ring (bicyclic) bond motifs is 1. The monoisotopic (exact) mass is 492 g/mol. The molecule has 2 aliphatic heterocycles. The number of carbonyl (C=O) groups excluding carboxylic acids is 1. The second kappa shape index (κ2) is 12.5. The van der Waals surface area contributed by atoms with E-state index in [1.807, 2.05) is 41.3 Å². The highest BCUT2D eigenvalue weighted by atomic mass is 16.5. The number of benzene rings is 2. The lowest BCUT2D eigenvalue weighted by molar-refractivity contribution is -0.120. The highest BCUT2D eigenvalue weighted by molar-refractivity contribution is 6.01. The van der Waals surface area contributed by atoms with E-state index in [4.69, 9.17) is 20.6 Å². The molecule has 0 aliphatic carbocycles. The maximum absolute atomic E-state index is 13.7. The van der Waals surface area contributed by atoms with Gasteiger partial charge in [0, 0.05) is 44.1 Å². The number of para-hydroxylation sites is 1. The Morgan fingerprint density at radius 1 is 0.972 bits per heavy atom. The van der Waals surface area contributed by atoms with Crippen molar-refractivity contribution in [3.05, 3.63) is 65.2 Å². The van der Waals surface area contributed by atoms with Crippen molar-refractivity contribution in [3.63, 3.8) is 0 Å². The second-order valence-electron chi connectivity index (χ2n) is 10.0. The van der Waals surface area contributed by atoms with Crippen molar-refractivity contribution in [2.24, 2.45) is 5.73 Å². The summed E-state index contributed by atoms with van der Waals surface area (Å²) in [4.78, 5) is 18.2. The fraction of sp³-hybridized carbons (Fsp3) is 0.517. The van der Waals surface area contributed by atoms with Crippen molar-refractivity contribution in [1.29, 1.82) is 5.41 Å². The normalized spacial score (nSPS) is 22.1. The molecule has 0 aromatic heterocycles. The fourth-order valence-corrected chi connectivity index (χ4v) is 5.84. The molecule has 3 N–H and O–H groups in total. The van der Waals surface area contributed by atoms with E-state index in [9.17, 15) is 4.79 Å². The third-order valence-electron chi connectivity index (χ3n) is 7.66. The van der Waals surface area contributed by atoms with Crippen LogP contribution in [0.2, 0.25) is 0 Å². The second-order valence-corrected chi connectivity index (χ2v) is 10.0. The zero-order chi connectivity index (χ0) is 25.5. The molecule has 1 fully saturated rings. The van der Waals surface area contributed by atoms with Gasteiger partial charge in [0.15, 0.2) is 0 Å². The van der Waals surface area contributed by atoms with Crippen LogP contribution in [-0.2, 0) is 20.7 Å². The van der Waals surface area contributed by atoms with Gasteiger partial charge in [-0.2, -0.15) is 0 Å². The molecule has 0 radical (unpaired) electrons. The van der Waals surface area contributed by atoms with Crippen molar-refractivity contribution in [3.8, 4) is 0 Å². The Morgan fingerprint density at radius 2 is 1.67 bits per heavy atom. The van der Waals surface area contributed by atoms with Gasteiger partial charge in [0.1, 0.15) is 5.84 Å². The molecule has 2 aromatic rings. The van der Waals surface area contributed by atoms with Crippen LogP contribution in [-0.4, -0.2) is 69.2 Å². The minimum absolute atomic E-state index is 0.0239. The summed E-state index contributed by atoms with van der Waals surface area (Å²) >= 11 is 0. The summed E-state index contributed by atoms with van der Waals surface area (Å²) in [7, 11) is 3.55. The van der Waals surface area contributed by atoms with E-state index in [2.05, 4.69) is 17.0 Å². The number of hydrogen-bond acceptors (Lipinski definition) is 5. The molecule has 2 heterocycles. The first-order valence-electron chi connectivity index (χ1n) is 13.1. The van der Waals surface area contributed by atoms with Gasteiger partial charge in [0.05, 0.1) is 19.1 Å². The van der Waals surface area contributed by atoms with Crippen LogP contribution in [0.3, 0.4) is 0 Å². The number of rotatable bonds is 12. The summed E-state index contributed by atoms with van der Waals surface area (Å²) in [5.74, 6) is -0.0986. The molecule has 2 aliphatic rings. The van der Waals surface area contributed by atoms with Gasteiger partial charge in [-0.3, -0.25) is 15.1 Å². The van der Waals surface area contributed by atoms with E-state index < -0.39 is 0 Å². The van der Waals surface area contributed by atoms with Crippen molar-refractivity contribution < 1.29 is 14.3 Å². The molecule has 2 aromatic carbocycles. The Labute approximate surface area is 215 Å². The average Bonchev–Trinajstić information content (AvgIpc) is 3.26. The number of amides is 1. The van der Waals surface area contributed by atoms with E-state index in [0.717, 1.165) is 63.1 Å². The largest absolute Gasteiger partial charge is 0.384 e. The van der Waals surface area contributed by atoms with Crippen LogP contribution >= 0.6 is 0 Å². The minimum atomic E-state index is -0.256. The number of nitrogens with one attached hydrogen (secondary N) is 1. The Morgan fingerprint density at radius 3 is 2.36 bits per heavy atom. The van der Waals surface area contributed by atoms with E-state index in [-0.39, 0.29) is 17.7 Å². The Balaban J connectivity index is 1.39. The number of unbranched alkanes of at least 4 members (excludes halogenated alkanes) is 2. The highest BCUT2D eigenvalue weighted by Gasteiger charge is 2.34. The molecule has 1 saturated heterocycles. The lowest BCUT2D eigenvalue weighted by Gasteiger charge is -2.35. The molecular formula is C29H40N4O3. The molecule has 4 rings (SSSR count). The van der Waals surface area contributed by atoms with E-state index >= 15 is 0 Å². The maximum Gasteiger partial charge on any atom is 0.234 e. The number of hydrogen-bond donors (Lipinski definition) is 2. The van der Waals surface area contributed by atoms with E-state index in [1.54, 1.807) is 14.2 Å². The number of nitrogens with zero attached hydrogens (tertiary/aromatic N) is 2. The summed E-state index contributed by atoms with van der Waals surface area (Å²) in [5, 5.41) is 7.78. The molecule has 7 heteroatoms. The number of nitrogen functional groups attached to an aromatic ring is 1. The molecule has 36 heavy (non-hydrogen) atoms. The molecule has 7 nitrogen and oxygen atoms in total. The average molecular weight is 493 g/mol. The summed E-state index contributed by atoms with van der Waals surface area (Å²) in [5.41, 5.74) is 9.52. The Kier molecular flexibility index (Phi) is 9.13. The molecule has 0 saturated carbocycles. The van der Waals surface area contributed by atoms with Crippen molar-refractivity contribution in [1.82, 2.24) is 4.90 Å². The van der Waals surface area contributed by atoms with Gasteiger partial charge < -0.3 is 20.1 Å². The van der Waals surface area contributed by atoms with Crippen LogP contribution in [0.15, 0.2) is 48.5 Å². The number of ether oxygens (including phenoxy) is 2. The first kappa shape index (κ1) is 26.3. The summed E-state index contributed by atoms with van der Waals surface area (Å²) in [6.07, 6.45) is 6.10. The molecule has 0 spiro atoms. The van der Waals surface area contributed by atoms with Gasteiger partial charge in [-0.1, -0.05) is 42.8 Å². The third kappa shape index (κ3) is 5.97. The fourth-order valence-electron chi connectivity index (χ4n) is 5.84.